The second kappa shape index (κ2) is 7.85. The topological polar surface area (TPSA) is 95.9 Å². The summed E-state index contributed by atoms with van der Waals surface area (Å²) in [6, 6.07) is 0.793. The van der Waals surface area contributed by atoms with Crippen molar-refractivity contribution in [2.75, 3.05) is 0 Å². The van der Waals surface area contributed by atoms with E-state index in [0.717, 1.165) is 0 Å². The number of hydrogen-bond donors (Lipinski definition) is 1. The Hall–Kier alpha value is -2.00. The van der Waals surface area contributed by atoms with E-state index >= 15 is 0 Å². The minimum Gasteiger partial charge on any atom is -0.465 e. The fraction of sp³-hybridized carbons (Fsp3) is 0.727. The summed E-state index contributed by atoms with van der Waals surface area (Å²) in [5, 5.41) is 9.83. The third-order valence-corrected chi connectivity index (χ3v) is 12.2. The molecule has 1 spiro atoms. The average molecular weight is 449 g/mol. The molecule has 0 bridgehead atoms. The molecule has 9 heteroatoms. The number of nitrogens with zero attached hydrogens (tertiary/aromatic N) is 4. The zero-order chi connectivity index (χ0) is 23.4. The lowest BCUT2D eigenvalue weighted by atomic mass is 9.75. The van der Waals surface area contributed by atoms with Crippen molar-refractivity contribution in [2.45, 2.75) is 102 Å². The molecule has 2 fully saturated rings. The molecule has 2 saturated heterocycles. The number of hydrogen-bond acceptors (Lipinski definition) is 5. The average Bonchev–Trinajstić information content (AvgIpc) is 3.04. The van der Waals surface area contributed by atoms with Crippen molar-refractivity contribution in [3.63, 3.8) is 0 Å². The van der Waals surface area contributed by atoms with Gasteiger partial charge in [-0.25, -0.2) is 14.8 Å². The highest BCUT2D eigenvalue weighted by molar-refractivity contribution is 6.74. The Labute approximate surface area is 186 Å². The van der Waals surface area contributed by atoms with Crippen molar-refractivity contribution >= 4 is 20.3 Å². The van der Waals surface area contributed by atoms with E-state index in [-0.39, 0.29) is 29.1 Å². The van der Waals surface area contributed by atoms with Crippen LogP contribution >= 0.6 is 0 Å². The SMILES string of the molecule is CC(O[Si](C)(C)C(C)(C)C)C(c1ncccn1)N1C(=O)C2(CCC(C)N2C(=O)O)C1C. The first kappa shape index (κ1) is 23.7. The van der Waals surface area contributed by atoms with Crippen LogP contribution in [0.5, 0.6) is 0 Å². The van der Waals surface area contributed by atoms with Crippen molar-refractivity contribution in [3.05, 3.63) is 24.3 Å². The zero-order valence-corrected chi connectivity index (χ0v) is 20.9. The lowest BCUT2D eigenvalue weighted by molar-refractivity contribution is -0.181. The first-order valence-electron chi connectivity index (χ1n) is 11.1. The summed E-state index contributed by atoms with van der Waals surface area (Å²) in [4.78, 5) is 37.7. The molecule has 3 rings (SSSR count). The van der Waals surface area contributed by atoms with Crippen molar-refractivity contribution in [1.82, 2.24) is 19.8 Å². The van der Waals surface area contributed by atoms with E-state index in [1.54, 1.807) is 23.4 Å². The molecule has 5 atom stereocenters. The van der Waals surface area contributed by atoms with Crippen molar-refractivity contribution in [1.29, 1.82) is 0 Å². The lowest BCUT2D eigenvalue weighted by Crippen LogP contribution is -2.79. The quantitative estimate of drug-likeness (QED) is 0.539. The van der Waals surface area contributed by atoms with Crippen molar-refractivity contribution in [3.8, 4) is 0 Å². The van der Waals surface area contributed by atoms with Gasteiger partial charge in [0, 0.05) is 18.4 Å². The van der Waals surface area contributed by atoms with Gasteiger partial charge in [-0.1, -0.05) is 20.8 Å². The van der Waals surface area contributed by atoms with Crippen molar-refractivity contribution in [2.24, 2.45) is 0 Å². The molecule has 0 radical (unpaired) electrons. The number of carbonyl (C=O) groups is 2. The van der Waals surface area contributed by atoms with Gasteiger partial charge in [0.2, 0.25) is 0 Å². The Morgan fingerprint density at radius 2 is 1.87 bits per heavy atom. The standard InChI is InChI=1S/C22H36N4O4Si/c1-14-10-11-22(26(14)20(28)29)16(3)25(19(22)27)17(18-23-12-9-13-24-18)15(2)30-31(7,8)21(4,5)6/h9,12-17H,10-11H2,1-8H3,(H,28,29). The van der Waals surface area contributed by atoms with Gasteiger partial charge in [0.05, 0.1) is 12.1 Å². The minimum atomic E-state index is -2.12. The number of aromatic nitrogens is 2. The summed E-state index contributed by atoms with van der Waals surface area (Å²) in [7, 11) is -2.12. The Morgan fingerprint density at radius 3 is 2.35 bits per heavy atom. The van der Waals surface area contributed by atoms with Crippen LogP contribution in [0.4, 0.5) is 4.79 Å². The summed E-state index contributed by atoms with van der Waals surface area (Å²) >= 11 is 0. The second-order valence-electron chi connectivity index (χ2n) is 10.5. The van der Waals surface area contributed by atoms with Crippen LogP contribution in [-0.4, -0.2) is 68.9 Å². The molecule has 0 saturated carbocycles. The third-order valence-electron chi connectivity index (χ3n) is 7.61. The largest absolute Gasteiger partial charge is 0.465 e. The molecule has 8 nitrogen and oxygen atoms in total. The van der Waals surface area contributed by atoms with Crippen LogP contribution in [0.15, 0.2) is 18.5 Å². The second-order valence-corrected chi connectivity index (χ2v) is 15.2. The predicted octanol–water partition coefficient (Wildman–Crippen LogP) is 4.06. The molecule has 1 aromatic rings. The van der Waals surface area contributed by atoms with Crippen LogP contribution in [0, 0.1) is 0 Å². The van der Waals surface area contributed by atoms with Gasteiger partial charge in [-0.2, -0.15) is 0 Å². The number of rotatable bonds is 5. The molecule has 2 aliphatic rings. The van der Waals surface area contributed by atoms with E-state index in [4.69, 9.17) is 4.43 Å². The fourth-order valence-corrected chi connectivity index (χ4v) is 6.30. The lowest BCUT2D eigenvalue weighted by Gasteiger charge is -2.59. The third kappa shape index (κ3) is 3.65. The first-order valence-corrected chi connectivity index (χ1v) is 14.0. The molecule has 1 aromatic heterocycles. The van der Waals surface area contributed by atoms with Gasteiger partial charge in [-0.3, -0.25) is 9.69 Å². The number of carboxylic acid groups (broad SMARTS) is 1. The summed E-state index contributed by atoms with van der Waals surface area (Å²) in [6.07, 6.45) is 3.18. The summed E-state index contributed by atoms with van der Waals surface area (Å²) in [5.74, 6) is 0.353. The van der Waals surface area contributed by atoms with Crippen LogP contribution in [0.25, 0.3) is 0 Å². The van der Waals surface area contributed by atoms with E-state index in [1.165, 1.54) is 4.90 Å². The van der Waals surface area contributed by atoms with E-state index in [2.05, 4.69) is 43.8 Å². The highest BCUT2D eigenvalue weighted by Gasteiger charge is 2.68. The van der Waals surface area contributed by atoms with Crippen LogP contribution in [0.3, 0.4) is 0 Å². The maximum absolute atomic E-state index is 13.7. The van der Waals surface area contributed by atoms with Gasteiger partial charge in [0.15, 0.2) is 14.1 Å². The van der Waals surface area contributed by atoms with Gasteiger partial charge < -0.3 is 14.4 Å². The predicted molar refractivity (Wildman–Crippen MR) is 120 cm³/mol. The normalized spacial score (nSPS) is 28.6. The van der Waals surface area contributed by atoms with Gasteiger partial charge in [-0.15, -0.1) is 0 Å². The monoisotopic (exact) mass is 448 g/mol. The maximum Gasteiger partial charge on any atom is 0.408 e. The molecule has 3 heterocycles. The highest BCUT2D eigenvalue weighted by Crippen LogP contribution is 2.51. The Balaban J connectivity index is 1.97. The molecule has 5 unspecified atom stereocenters. The Bertz CT molecular complexity index is 844. The minimum absolute atomic E-state index is 0.0101. The number of amides is 2. The zero-order valence-electron chi connectivity index (χ0n) is 19.9. The highest BCUT2D eigenvalue weighted by atomic mass is 28.4. The fourth-order valence-electron chi connectivity index (χ4n) is 4.89. The molecular formula is C22H36N4O4Si. The summed E-state index contributed by atoms with van der Waals surface area (Å²) < 4.78 is 6.65. The summed E-state index contributed by atoms with van der Waals surface area (Å²) in [5.41, 5.74) is -1.00. The molecule has 2 amide bonds. The Morgan fingerprint density at radius 1 is 1.29 bits per heavy atom. The molecule has 31 heavy (non-hydrogen) atoms. The van der Waals surface area contributed by atoms with E-state index in [0.29, 0.717) is 18.7 Å². The molecule has 0 aromatic carbocycles. The van der Waals surface area contributed by atoms with Crippen molar-refractivity contribution < 1.29 is 19.1 Å². The van der Waals surface area contributed by atoms with Gasteiger partial charge in [0.1, 0.15) is 11.6 Å². The van der Waals surface area contributed by atoms with Gasteiger partial charge >= 0.3 is 6.09 Å². The van der Waals surface area contributed by atoms with Crippen LogP contribution in [0.2, 0.25) is 18.1 Å². The smallest absolute Gasteiger partial charge is 0.408 e. The number of carbonyl (C=O) groups excluding carboxylic acids is 1. The molecule has 172 valence electrons. The molecule has 1 N–H and O–H groups in total. The van der Waals surface area contributed by atoms with Gasteiger partial charge in [-0.05, 0) is 57.8 Å². The van der Waals surface area contributed by atoms with Crippen LogP contribution in [-0.2, 0) is 9.22 Å². The number of likely N-dealkylation sites (tertiary alicyclic amines) is 2. The summed E-state index contributed by atoms with van der Waals surface area (Å²) in [6.45, 7) is 16.7. The van der Waals surface area contributed by atoms with Crippen LogP contribution < -0.4 is 0 Å². The van der Waals surface area contributed by atoms with E-state index < -0.39 is 26.0 Å². The van der Waals surface area contributed by atoms with E-state index in [1.807, 2.05) is 20.8 Å². The van der Waals surface area contributed by atoms with E-state index in [9.17, 15) is 14.7 Å². The maximum atomic E-state index is 13.7. The van der Waals surface area contributed by atoms with Gasteiger partial charge in [0.25, 0.3) is 5.91 Å². The van der Waals surface area contributed by atoms with Crippen LogP contribution in [0.1, 0.15) is 66.3 Å². The first-order chi connectivity index (χ1) is 14.3. The Kier molecular flexibility index (Phi) is 5.99. The molecular weight excluding hydrogens is 412 g/mol. The number of β-lactam (4-membered cyclic amide) rings is 1. The molecule has 2 aliphatic heterocycles. The molecule has 0 aliphatic carbocycles.